The number of hydrogen-bond acceptors (Lipinski definition) is 2. The Hall–Kier alpha value is -1.02. The highest BCUT2D eigenvalue weighted by molar-refractivity contribution is 5.64. The van der Waals surface area contributed by atoms with Gasteiger partial charge < -0.3 is 11.1 Å². The molecular weight excluding hydrogens is 160 g/mol. The Morgan fingerprint density at radius 3 is 2.92 bits per heavy atom. The Kier molecular flexibility index (Phi) is 2.00. The van der Waals surface area contributed by atoms with Crippen LogP contribution in [0.1, 0.15) is 22.6 Å². The number of aryl methyl sites for hydroxylation is 1. The Morgan fingerprint density at radius 1 is 1.46 bits per heavy atom. The van der Waals surface area contributed by atoms with Crippen LogP contribution in [0.3, 0.4) is 0 Å². The molecule has 0 saturated carbocycles. The average molecular weight is 176 g/mol. The molecule has 1 aliphatic rings. The lowest BCUT2D eigenvalue weighted by molar-refractivity contribution is 0.766. The molecule has 1 atom stereocenters. The normalized spacial score (nSPS) is 19.8. The minimum atomic E-state index is 0.509. The smallest absolute Gasteiger partial charge is 0.0409 e. The maximum Gasteiger partial charge on any atom is 0.0409 e. The third-order valence-corrected chi connectivity index (χ3v) is 3.02. The predicted octanol–water partition coefficient (Wildman–Crippen LogP) is 1.77. The summed E-state index contributed by atoms with van der Waals surface area (Å²) in [4.78, 5) is 0. The van der Waals surface area contributed by atoms with Crippen molar-refractivity contribution in [3.63, 3.8) is 0 Å². The molecular formula is C11H16N2. The van der Waals surface area contributed by atoms with E-state index in [4.69, 9.17) is 5.73 Å². The van der Waals surface area contributed by atoms with E-state index in [1.807, 2.05) is 0 Å². The van der Waals surface area contributed by atoms with Gasteiger partial charge in [0.15, 0.2) is 0 Å². The van der Waals surface area contributed by atoms with Gasteiger partial charge in [-0.3, -0.25) is 0 Å². The van der Waals surface area contributed by atoms with Crippen molar-refractivity contribution in [1.82, 2.24) is 0 Å². The van der Waals surface area contributed by atoms with E-state index in [9.17, 15) is 0 Å². The van der Waals surface area contributed by atoms with Gasteiger partial charge in [0.25, 0.3) is 0 Å². The monoisotopic (exact) mass is 176 g/mol. The van der Waals surface area contributed by atoms with Crippen LogP contribution in [0.2, 0.25) is 0 Å². The lowest BCUT2D eigenvalue weighted by Gasteiger charge is -2.09. The molecule has 1 unspecified atom stereocenters. The van der Waals surface area contributed by atoms with Crippen molar-refractivity contribution in [2.24, 2.45) is 5.73 Å². The molecule has 0 radical (unpaired) electrons. The molecule has 0 aliphatic carbocycles. The second-order valence-corrected chi connectivity index (χ2v) is 3.79. The van der Waals surface area contributed by atoms with Crippen LogP contribution in [-0.2, 0) is 0 Å². The summed E-state index contributed by atoms with van der Waals surface area (Å²) in [5.41, 5.74) is 11.1. The van der Waals surface area contributed by atoms with Crippen molar-refractivity contribution in [2.75, 3.05) is 18.4 Å². The lowest BCUT2D eigenvalue weighted by Crippen LogP contribution is -2.13. The van der Waals surface area contributed by atoms with E-state index in [2.05, 4.69) is 31.3 Å². The van der Waals surface area contributed by atoms with Crippen LogP contribution in [0.5, 0.6) is 0 Å². The molecule has 0 saturated heterocycles. The Bertz CT molecular complexity index is 331. The minimum absolute atomic E-state index is 0.509. The lowest BCUT2D eigenvalue weighted by atomic mass is 9.97. The van der Waals surface area contributed by atoms with Crippen LogP contribution in [0, 0.1) is 13.8 Å². The molecule has 1 aromatic rings. The summed E-state index contributed by atoms with van der Waals surface area (Å²) in [7, 11) is 0. The molecule has 0 bridgehead atoms. The Balaban J connectivity index is 2.50. The van der Waals surface area contributed by atoms with Crippen molar-refractivity contribution in [3.05, 3.63) is 28.8 Å². The van der Waals surface area contributed by atoms with Crippen LogP contribution in [-0.4, -0.2) is 13.1 Å². The minimum Gasteiger partial charge on any atom is -0.384 e. The number of hydrogen-bond donors (Lipinski definition) is 2. The summed E-state index contributed by atoms with van der Waals surface area (Å²) < 4.78 is 0. The van der Waals surface area contributed by atoms with Crippen molar-refractivity contribution < 1.29 is 0 Å². The van der Waals surface area contributed by atoms with Gasteiger partial charge in [-0.15, -0.1) is 0 Å². The number of rotatable bonds is 1. The van der Waals surface area contributed by atoms with Crippen LogP contribution in [0.25, 0.3) is 0 Å². The topological polar surface area (TPSA) is 38.0 Å². The van der Waals surface area contributed by atoms with Crippen molar-refractivity contribution in [2.45, 2.75) is 19.8 Å². The highest BCUT2D eigenvalue weighted by atomic mass is 14.9. The molecule has 0 amide bonds. The molecule has 0 spiro atoms. The zero-order chi connectivity index (χ0) is 9.42. The molecule has 0 fully saturated rings. The largest absolute Gasteiger partial charge is 0.384 e. The van der Waals surface area contributed by atoms with Gasteiger partial charge >= 0.3 is 0 Å². The summed E-state index contributed by atoms with van der Waals surface area (Å²) in [6.45, 7) is 6.05. The van der Waals surface area contributed by atoms with Crippen LogP contribution in [0.15, 0.2) is 12.1 Å². The summed E-state index contributed by atoms with van der Waals surface area (Å²) in [6, 6.07) is 4.39. The number of nitrogens with two attached hydrogens (primary N) is 1. The van der Waals surface area contributed by atoms with E-state index in [0.717, 1.165) is 13.1 Å². The molecule has 1 heterocycles. The molecule has 2 rings (SSSR count). The number of benzene rings is 1. The highest BCUT2D eigenvalue weighted by Crippen LogP contribution is 2.34. The van der Waals surface area contributed by atoms with Gasteiger partial charge in [0.2, 0.25) is 0 Å². The SMILES string of the molecule is Cc1ccc2c(c1C)NCC2CN. The van der Waals surface area contributed by atoms with Gasteiger partial charge in [-0.1, -0.05) is 12.1 Å². The van der Waals surface area contributed by atoms with Gasteiger partial charge in [-0.25, -0.2) is 0 Å². The summed E-state index contributed by atoms with van der Waals surface area (Å²) >= 11 is 0. The summed E-state index contributed by atoms with van der Waals surface area (Å²) in [5.74, 6) is 0.509. The molecule has 2 nitrogen and oxygen atoms in total. The predicted molar refractivity (Wildman–Crippen MR) is 56.2 cm³/mol. The number of anilines is 1. The quantitative estimate of drug-likeness (QED) is 0.684. The zero-order valence-electron chi connectivity index (χ0n) is 8.22. The van der Waals surface area contributed by atoms with Crippen molar-refractivity contribution >= 4 is 5.69 Å². The van der Waals surface area contributed by atoms with Gasteiger partial charge in [-0.05, 0) is 30.5 Å². The van der Waals surface area contributed by atoms with Gasteiger partial charge in [0.1, 0.15) is 0 Å². The first kappa shape index (κ1) is 8.57. The standard InChI is InChI=1S/C11H16N2/c1-7-3-4-10-9(5-12)6-13-11(10)8(7)2/h3-4,9,13H,5-6,12H2,1-2H3. The first-order chi connectivity index (χ1) is 6.24. The second kappa shape index (κ2) is 3.04. The zero-order valence-corrected chi connectivity index (χ0v) is 8.22. The van der Waals surface area contributed by atoms with E-state index < -0.39 is 0 Å². The van der Waals surface area contributed by atoms with E-state index in [1.165, 1.54) is 22.4 Å². The second-order valence-electron chi connectivity index (χ2n) is 3.79. The third-order valence-electron chi connectivity index (χ3n) is 3.02. The highest BCUT2D eigenvalue weighted by Gasteiger charge is 2.22. The van der Waals surface area contributed by atoms with Gasteiger partial charge in [-0.2, -0.15) is 0 Å². The fourth-order valence-corrected chi connectivity index (χ4v) is 1.96. The van der Waals surface area contributed by atoms with Gasteiger partial charge in [0, 0.05) is 24.7 Å². The number of fused-ring (bicyclic) bond motifs is 1. The van der Waals surface area contributed by atoms with E-state index in [-0.39, 0.29) is 0 Å². The summed E-state index contributed by atoms with van der Waals surface area (Å²) in [5, 5.41) is 3.43. The molecule has 70 valence electrons. The third kappa shape index (κ3) is 1.22. The van der Waals surface area contributed by atoms with Crippen LogP contribution in [0.4, 0.5) is 5.69 Å². The Morgan fingerprint density at radius 2 is 2.23 bits per heavy atom. The maximum absolute atomic E-state index is 5.70. The fourth-order valence-electron chi connectivity index (χ4n) is 1.96. The fraction of sp³-hybridized carbons (Fsp3) is 0.455. The van der Waals surface area contributed by atoms with Crippen LogP contribution >= 0.6 is 0 Å². The van der Waals surface area contributed by atoms with Gasteiger partial charge in [0.05, 0.1) is 0 Å². The van der Waals surface area contributed by atoms with Crippen molar-refractivity contribution in [3.8, 4) is 0 Å². The molecule has 3 N–H and O–H groups in total. The molecule has 1 aliphatic heterocycles. The molecule has 0 aromatic heterocycles. The van der Waals surface area contributed by atoms with E-state index in [1.54, 1.807) is 0 Å². The van der Waals surface area contributed by atoms with Crippen molar-refractivity contribution in [1.29, 1.82) is 0 Å². The average Bonchev–Trinajstić information content (AvgIpc) is 2.55. The molecule has 2 heteroatoms. The summed E-state index contributed by atoms with van der Waals surface area (Å²) in [6.07, 6.45) is 0. The first-order valence-electron chi connectivity index (χ1n) is 4.78. The number of nitrogens with one attached hydrogen (secondary N) is 1. The van der Waals surface area contributed by atoms with E-state index in [0.29, 0.717) is 5.92 Å². The van der Waals surface area contributed by atoms with E-state index >= 15 is 0 Å². The maximum atomic E-state index is 5.70. The molecule has 13 heavy (non-hydrogen) atoms. The first-order valence-corrected chi connectivity index (χ1v) is 4.78. The molecule has 1 aromatic carbocycles. The van der Waals surface area contributed by atoms with Crippen LogP contribution < -0.4 is 11.1 Å². The Labute approximate surface area is 79.1 Å².